The molecule has 1 unspecified atom stereocenters. The molecule has 0 N–H and O–H groups in total. The van der Waals surface area contributed by atoms with E-state index in [9.17, 15) is 4.79 Å². The number of amides is 1. The fourth-order valence-electron chi connectivity index (χ4n) is 2.85. The maximum Gasteiger partial charge on any atom is 0.267 e. The lowest BCUT2D eigenvalue weighted by atomic mass is 10.1. The van der Waals surface area contributed by atoms with E-state index in [-0.39, 0.29) is 11.8 Å². The molecule has 0 bridgehead atoms. The first-order valence-corrected chi connectivity index (χ1v) is 8.95. The third-order valence-corrected chi connectivity index (χ3v) is 5.24. The van der Waals surface area contributed by atoms with Crippen LogP contribution in [0.5, 0.6) is 0 Å². The van der Waals surface area contributed by atoms with E-state index in [1.807, 2.05) is 30.2 Å². The molecule has 1 fully saturated rings. The molecule has 0 saturated carbocycles. The van der Waals surface area contributed by atoms with Gasteiger partial charge in [-0.1, -0.05) is 0 Å². The van der Waals surface area contributed by atoms with E-state index in [2.05, 4.69) is 20.2 Å². The first-order valence-electron chi connectivity index (χ1n) is 8.07. The number of carbonyl (C=O) groups excluding carboxylic acids is 1. The highest BCUT2D eigenvalue weighted by Gasteiger charge is 2.32. The van der Waals surface area contributed by atoms with Crippen LogP contribution < -0.4 is 0 Å². The molecule has 1 aliphatic rings. The lowest BCUT2D eigenvalue weighted by molar-refractivity contribution is 0.0794. The Labute approximate surface area is 148 Å². The average Bonchev–Trinajstić information content (AvgIpc) is 3.35. The van der Waals surface area contributed by atoms with Crippen LogP contribution in [0.1, 0.15) is 39.2 Å². The van der Waals surface area contributed by atoms with Crippen molar-refractivity contribution in [2.24, 2.45) is 0 Å². The van der Waals surface area contributed by atoms with Crippen molar-refractivity contribution in [3.63, 3.8) is 0 Å². The Hall–Kier alpha value is -2.61. The van der Waals surface area contributed by atoms with Crippen LogP contribution in [0.25, 0.3) is 11.6 Å². The maximum atomic E-state index is 12.5. The van der Waals surface area contributed by atoms with E-state index in [0.717, 1.165) is 22.6 Å². The zero-order chi connectivity index (χ0) is 17.4. The fourth-order valence-corrected chi connectivity index (χ4v) is 3.72. The van der Waals surface area contributed by atoms with Gasteiger partial charge in [0.15, 0.2) is 0 Å². The third kappa shape index (κ3) is 3.17. The molecule has 0 radical (unpaired) electrons. The van der Waals surface area contributed by atoms with Crippen molar-refractivity contribution in [3.8, 4) is 11.6 Å². The number of hydrogen-bond acceptors (Lipinski definition) is 7. The van der Waals surface area contributed by atoms with Gasteiger partial charge in [0.25, 0.3) is 11.8 Å². The van der Waals surface area contributed by atoms with Crippen LogP contribution in [-0.4, -0.2) is 44.1 Å². The molecule has 4 rings (SSSR count). The number of aromatic nitrogens is 4. The minimum Gasteiger partial charge on any atom is -0.419 e. The summed E-state index contributed by atoms with van der Waals surface area (Å²) < 4.78 is 5.77. The quantitative estimate of drug-likeness (QED) is 0.718. The molecule has 0 aromatic carbocycles. The molecule has 1 saturated heterocycles. The SMILES string of the molecule is Cc1csc(C(=O)N2CCC(c3nnc(-c4cnc(C)cn4)o3)C2)c1. The monoisotopic (exact) mass is 355 g/mol. The molecule has 1 atom stereocenters. The molecule has 8 heteroatoms. The molecule has 0 spiro atoms. The predicted molar refractivity (Wildman–Crippen MR) is 92.4 cm³/mol. The Kier molecular flexibility index (Phi) is 4.04. The second-order valence-corrected chi connectivity index (χ2v) is 7.12. The van der Waals surface area contributed by atoms with E-state index < -0.39 is 0 Å². The van der Waals surface area contributed by atoms with Gasteiger partial charge >= 0.3 is 0 Å². The van der Waals surface area contributed by atoms with Crippen molar-refractivity contribution in [2.45, 2.75) is 26.2 Å². The summed E-state index contributed by atoms with van der Waals surface area (Å²) in [5, 5.41) is 10.2. The van der Waals surface area contributed by atoms with Gasteiger partial charge in [0, 0.05) is 19.3 Å². The van der Waals surface area contributed by atoms with Gasteiger partial charge in [-0.05, 0) is 37.3 Å². The molecule has 0 aliphatic carbocycles. The smallest absolute Gasteiger partial charge is 0.267 e. The molecular weight excluding hydrogens is 338 g/mol. The maximum absolute atomic E-state index is 12.5. The lowest BCUT2D eigenvalue weighted by Crippen LogP contribution is -2.27. The van der Waals surface area contributed by atoms with E-state index in [4.69, 9.17) is 4.42 Å². The van der Waals surface area contributed by atoms with Crippen LogP contribution in [0.15, 0.2) is 28.3 Å². The minimum atomic E-state index is 0.0599. The van der Waals surface area contributed by atoms with E-state index in [0.29, 0.717) is 30.6 Å². The Morgan fingerprint density at radius 1 is 1.28 bits per heavy atom. The summed E-state index contributed by atoms with van der Waals surface area (Å²) in [6.07, 6.45) is 4.10. The third-order valence-electron chi connectivity index (χ3n) is 4.21. The van der Waals surface area contributed by atoms with Crippen LogP contribution in [0.3, 0.4) is 0 Å². The molecular formula is C17H17N5O2S. The highest BCUT2D eigenvalue weighted by molar-refractivity contribution is 7.12. The summed E-state index contributed by atoms with van der Waals surface area (Å²) in [4.78, 5) is 23.6. The van der Waals surface area contributed by atoms with E-state index in [1.165, 1.54) is 11.3 Å². The highest BCUT2D eigenvalue weighted by Crippen LogP contribution is 2.29. The predicted octanol–water partition coefficient (Wildman–Crippen LogP) is 2.83. The Bertz CT molecular complexity index is 902. The number of nitrogens with zero attached hydrogens (tertiary/aromatic N) is 5. The Morgan fingerprint density at radius 2 is 2.16 bits per heavy atom. The Morgan fingerprint density at radius 3 is 2.88 bits per heavy atom. The van der Waals surface area contributed by atoms with Crippen molar-refractivity contribution >= 4 is 17.2 Å². The van der Waals surface area contributed by atoms with Gasteiger partial charge in [0.2, 0.25) is 5.89 Å². The number of hydrogen-bond donors (Lipinski definition) is 0. The molecule has 25 heavy (non-hydrogen) atoms. The molecule has 7 nitrogen and oxygen atoms in total. The highest BCUT2D eigenvalue weighted by atomic mass is 32.1. The topological polar surface area (TPSA) is 85.0 Å². The molecule has 1 aliphatic heterocycles. The fraction of sp³-hybridized carbons (Fsp3) is 0.353. The Balaban J connectivity index is 1.47. The van der Waals surface area contributed by atoms with Crippen LogP contribution >= 0.6 is 11.3 Å². The van der Waals surface area contributed by atoms with Crippen molar-refractivity contribution in [1.82, 2.24) is 25.1 Å². The van der Waals surface area contributed by atoms with Gasteiger partial charge in [-0.25, -0.2) is 4.98 Å². The van der Waals surface area contributed by atoms with Gasteiger partial charge in [-0.3, -0.25) is 9.78 Å². The zero-order valence-corrected chi connectivity index (χ0v) is 14.8. The number of thiophene rings is 1. The van der Waals surface area contributed by atoms with Crippen LogP contribution in [-0.2, 0) is 0 Å². The van der Waals surface area contributed by atoms with Crippen molar-refractivity contribution in [2.75, 3.05) is 13.1 Å². The first kappa shape index (κ1) is 15.9. The average molecular weight is 355 g/mol. The van der Waals surface area contributed by atoms with Crippen molar-refractivity contribution < 1.29 is 9.21 Å². The summed E-state index contributed by atoms with van der Waals surface area (Å²) in [7, 11) is 0. The van der Waals surface area contributed by atoms with Gasteiger partial charge in [-0.15, -0.1) is 21.5 Å². The summed E-state index contributed by atoms with van der Waals surface area (Å²) in [5.41, 5.74) is 2.51. The van der Waals surface area contributed by atoms with Gasteiger partial charge in [0.1, 0.15) is 5.69 Å². The zero-order valence-electron chi connectivity index (χ0n) is 14.0. The molecule has 1 amide bonds. The van der Waals surface area contributed by atoms with Gasteiger partial charge < -0.3 is 9.32 Å². The van der Waals surface area contributed by atoms with Crippen LogP contribution in [0, 0.1) is 13.8 Å². The van der Waals surface area contributed by atoms with Crippen molar-refractivity contribution in [3.05, 3.63) is 45.9 Å². The van der Waals surface area contributed by atoms with Gasteiger partial charge in [-0.2, -0.15) is 0 Å². The minimum absolute atomic E-state index is 0.0599. The molecule has 3 aromatic rings. The normalized spacial score (nSPS) is 17.2. The second kappa shape index (κ2) is 6.36. The second-order valence-electron chi connectivity index (χ2n) is 6.21. The molecule has 128 valence electrons. The number of aryl methyl sites for hydroxylation is 2. The van der Waals surface area contributed by atoms with E-state index >= 15 is 0 Å². The first-order chi connectivity index (χ1) is 12.1. The summed E-state index contributed by atoms with van der Waals surface area (Å²) in [6.45, 7) is 5.16. The molecule has 3 aromatic heterocycles. The van der Waals surface area contributed by atoms with E-state index in [1.54, 1.807) is 12.4 Å². The van der Waals surface area contributed by atoms with Crippen molar-refractivity contribution in [1.29, 1.82) is 0 Å². The van der Waals surface area contributed by atoms with Crippen LogP contribution in [0.4, 0.5) is 0 Å². The van der Waals surface area contributed by atoms with Crippen LogP contribution in [0.2, 0.25) is 0 Å². The summed E-state index contributed by atoms with van der Waals surface area (Å²) >= 11 is 1.49. The standard InChI is InChI=1S/C17H17N5O2S/c1-10-5-14(25-9-10)17(23)22-4-3-12(8-22)15-20-21-16(24-15)13-7-18-11(2)6-19-13/h5-7,9,12H,3-4,8H2,1-2H3. The summed E-state index contributed by atoms with van der Waals surface area (Å²) in [5.74, 6) is 1.05. The number of likely N-dealkylation sites (tertiary alicyclic amines) is 1. The lowest BCUT2D eigenvalue weighted by Gasteiger charge is -2.14. The summed E-state index contributed by atoms with van der Waals surface area (Å²) in [6, 6.07) is 1.93. The number of rotatable bonds is 3. The largest absolute Gasteiger partial charge is 0.419 e. The number of carbonyl (C=O) groups is 1. The molecule has 4 heterocycles. The van der Waals surface area contributed by atoms with Gasteiger partial charge in [0.05, 0.1) is 22.7 Å².